The molecule has 1 aliphatic heterocycles. The molecule has 0 atom stereocenters. The van der Waals surface area contributed by atoms with Gasteiger partial charge in [-0.25, -0.2) is 0 Å². The highest BCUT2D eigenvalue weighted by Gasteiger charge is 2.28. The van der Waals surface area contributed by atoms with Crippen molar-refractivity contribution < 1.29 is 23.2 Å². The van der Waals surface area contributed by atoms with Crippen LogP contribution in [-0.4, -0.2) is 35.8 Å². The van der Waals surface area contributed by atoms with Gasteiger partial charge in [0.15, 0.2) is 11.5 Å². The van der Waals surface area contributed by atoms with Gasteiger partial charge in [-0.1, -0.05) is 35.5 Å². The number of nitrogens with zero attached hydrogens (tertiary/aromatic N) is 3. The zero-order chi connectivity index (χ0) is 24.4. The van der Waals surface area contributed by atoms with Gasteiger partial charge in [-0.2, -0.15) is 0 Å². The molecule has 2 aromatic heterocycles. The predicted octanol–water partition coefficient (Wildman–Crippen LogP) is 5.35. The van der Waals surface area contributed by atoms with Crippen LogP contribution in [0.2, 0.25) is 0 Å². The molecule has 0 saturated heterocycles. The Balaban J connectivity index is 1.55. The number of hydrogen-bond acceptors (Lipinski definition) is 7. The van der Waals surface area contributed by atoms with Crippen LogP contribution < -0.4 is 14.4 Å². The zero-order valence-electron chi connectivity index (χ0n) is 19.9. The normalized spacial score (nSPS) is 12.2. The molecule has 0 aliphatic carbocycles. The molecule has 0 bridgehead atoms. The number of anilines is 1. The molecular weight excluding hydrogens is 446 g/mol. The molecule has 0 spiro atoms. The zero-order valence-corrected chi connectivity index (χ0v) is 19.9. The maximum absolute atomic E-state index is 13.8. The van der Waals surface area contributed by atoms with Gasteiger partial charge in [-0.3, -0.25) is 4.79 Å². The number of ether oxygens (including phenoxy) is 2. The minimum Gasteiger partial charge on any atom is -0.467 e. The van der Waals surface area contributed by atoms with Crippen LogP contribution in [0, 0.1) is 0 Å². The summed E-state index contributed by atoms with van der Waals surface area (Å²) in [7, 11) is 1.96. The van der Waals surface area contributed by atoms with Crippen LogP contribution in [0.1, 0.15) is 35.5 Å². The van der Waals surface area contributed by atoms with Gasteiger partial charge in [0, 0.05) is 24.2 Å². The monoisotopic (exact) mass is 473 g/mol. The lowest BCUT2D eigenvalue weighted by molar-refractivity contribution is 0.0717. The van der Waals surface area contributed by atoms with Gasteiger partial charge in [-0.05, 0) is 44.2 Å². The van der Waals surface area contributed by atoms with Crippen molar-refractivity contribution in [3.05, 3.63) is 83.8 Å². The van der Waals surface area contributed by atoms with E-state index >= 15 is 0 Å². The van der Waals surface area contributed by atoms with Crippen LogP contribution in [0.25, 0.3) is 11.3 Å². The second kappa shape index (κ2) is 9.58. The second-order valence-corrected chi connectivity index (χ2v) is 8.69. The van der Waals surface area contributed by atoms with Crippen molar-refractivity contribution in [2.45, 2.75) is 33.0 Å². The maximum atomic E-state index is 13.8. The first-order valence-electron chi connectivity index (χ1n) is 11.5. The van der Waals surface area contributed by atoms with Gasteiger partial charge in [0.2, 0.25) is 12.7 Å². The highest BCUT2D eigenvalue weighted by molar-refractivity contribution is 5.95. The third kappa shape index (κ3) is 4.59. The van der Waals surface area contributed by atoms with Gasteiger partial charge in [0.05, 0.1) is 24.9 Å². The number of furan rings is 1. The Labute approximate surface area is 203 Å². The van der Waals surface area contributed by atoms with Gasteiger partial charge in [0.25, 0.3) is 5.91 Å². The number of aromatic nitrogens is 1. The van der Waals surface area contributed by atoms with Crippen molar-refractivity contribution in [1.29, 1.82) is 0 Å². The Morgan fingerprint density at radius 2 is 1.80 bits per heavy atom. The number of fused-ring (bicyclic) bond motifs is 1. The fourth-order valence-corrected chi connectivity index (χ4v) is 3.97. The maximum Gasteiger partial charge on any atom is 0.254 e. The lowest BCUT2D eigenvalue weighted by Gasteiger charge is -2.25. The molecule has 180 valence electrons. The molecule has 0 N–H and O–H groups in total. The molecule has 0 fully saturated rings. The highest BCUT2D eigenvalue weighted by Crippen LogP contribution is 2.35. The fourth-order valence-electron chi connectivity index (χ4n) is 3.97. The van der Waals surface area contributed by atoms with E-state index in [1.807, 2.05) is 54.4 Å². The molecular formula is C27H27N3O5. The summed E-state index contributed by atoms with van der Waals surface area (Å²) in [6.45, 7) is 4.85. The highest BCUT2D eigenvalue weighted by atomic mass is 16.7. The Morgan fingerprint density at radius 3 is 2.54 bits per heavy atom. The van der Waals surface area contributed by atoms with E-state index in [9.17, 15) is 4.79 Å². The minimum absolute atomic E-state index is 0.148. The first kappa shape index (κ1) is 22.6. The van der Waals surface area contributed by atoms with Gasteiger partial charge in [0.1, 0.15) is 11.5 Å². The number of rotatable bonds is 8. The van der Waals surface area contributed by atoms with Crippen LogP contribution in [0.4, 0.5) is 5.88 Å². The first-order chi connectivity index (χ1) is 17.0. The van der Waals surface area contributed by atoms with Gasteiger partial charge < -0.3 is 28.2 Å². The first-order valence-corrected chi connectivity index (χ1v) is 11.5. The van der Waals surface area contributed by atoms with E-state index in [-0.39, 0.29) is 31.8 Å². The molecule has 35 heavy (non-hydrogen) atoms. The Morgan fingerprint density at radius 1 is 1.00 bits per heavy atom. The molecule has 1 aliphatic rings. The number of carbonyl (C=O) groups excluding carboxylic acids is 1. The summed E-state index contributed by atoms with van der Waals surface area (Å²) in [5.41, 5.74) is 2.95. The summed E-state index contributed by atoms with van der Waals surface area (Å²) in [6.07, 6.45) is 1.60. The van der Waals surface area contributed by atoms with Crippen molar-refractivity contribution >= 4 is 11.8 Å². The Bertz CT molecular complexity index is 1300. The Hall–Kier alpha value is -4.20. The average Bonchev–Trinajstić information content (AvgIpc) is 3.64. The topological polar surface area (TPSA) is 81.2 Å². The largest absolute Gasteiger partial charge is 0.467 e. The SMILES string of the molecule is CC(C)N(C)c1onc(-c2ccccc2)c1CN(Cc1ccco1)C(=O)c1ccc2c(c1)OCO2. The molecule has 3 heterocycles. The molecule has 1 amide bonds. The Kier molecular flexibility index (Phi) is 6.18. The van der Waals surface area contributed by atoms with Crippen LogP contribution >= 0.6 is 0 Å². The van der Waals surface area contributed by atoms with E-state index in [0.717, 1.165) is 11.1 Å². The quantitative estimate of drug-likeness (QED) is 0.341. The third-order valence-corrected chi connectivity index (χ3v) is 6.09. The van der Waals surface area contributed by atoms with E-state index in [2.05, 4.69) is 19.0 Å². The summed E-state index contributed by atoms with van der Waals surface area (Å²) in [5, 5.41) is 4.40. The van der Waals surface area contributed by atoms with E-state index in [1.54, 1.807) is 29.4 Å². The van der Waals surface area contributed by atoms with Crippen LogP contribution in [0.5, 0.6) is 11.5 Å². The van der Waals surface area contributed by atoms with E-state index < -0.39 is 0 Å². The summed E-state index contributed by atoms with van der Waals surface area (Å²) < 4.78 is 22.3. The number of carbonyl (C=O) groups is 1. The lowest BCUT2D eigenvalue weighted by atomic mass is 10.1. The fraction of sp³-hybridized carbons (Fsp3) is 0.259. The van der Waals surface area contributed by atoms with Crippen molar-refractivity contribution in [3.8, 4) is 22.8 Å². The molecule has 0 unspecified atom stereocenters. The summed E-state index contributed by atoms with van der Waals surface area (Å²) in [6, 6.07) is 18.9. The van der Waals surface area contributed by atoms with Crippen molar-refractivity contribution in [2.24, 2.45) is 0 Å². The van der Waals surface area contributed by atoms with Crippen molar-refractivity contribution in [3.63, 3.8) is 0 Å². The number of amides is 1. The van der Waals surface area contributed by atoms with Crippen LogP contribution in [0.15, 0.2) is 75.9 Å². The smallest absolute Gasteiger partial charge is 0.254 e. The predicted molar refractivity (Wildman–Crippen MR) is 130 cm³/mol. The van der Waals surface area contributed by atoms with E-state index in [4.69, 9.17) is 18.4 Å². The van der Waals surface area contributed by atoms with Crippen LogP contribution in [-0.2, 0) is 13.1 Å². The van der Waals surface area contributed by atoms with Gasteiger partial charge >= 0.3 is 0 Å². The lowest BCUT2D eigenvalue weighted by Crippen LogP contribution is -2.32. The second-order valence-electron chi connectivity index (χ2n) is 8.69. The standard InChI is InChI=1S/C27H27N3O5/c1-18(2)29(3)27-22(25(28-35-27)19-8-5-4-6-9-19)16-30(15-21-10-7-13-32-21)26(31)20-11-12-23-24(14-20)34-17-33-23/h4-14,18H,15-17H2,1-3H3. The molecule has 5 rings (SSSR count). The minimum atomic E-state index is -0.168. The molecule has 8 heteroatoms. The number of benzene rings is 2. The summed E-state index contributed by atoms with van der Waals surface area (Å²) >= 11 is 0. The molecule has 4 aromatic rings. The van der Waals surface area contributed by atoms with E-state index in [0.29, 0.717) is 34.4 Å². The van der Waals surface area contributed by atoms with Gasteiger partial charge in [-0.15, -0.1) is 0 Å². The summed E-state index contributed by atoms with van der Waals surface area (Å²) in [4.78, 5) is 17.5. The molecule has 8 nitrogen and oxygen atoms in total. The number of hydrogen-bond donors (Lipinski definition) is 0. The average molecular weight is 474 g/mol. The van der Waals surface area contributed by atoms with Crippen molar-refractivity contribution in [1.82, 2.24) is 10.1 Å². The molecule has 0 radical (unpaired) electrons. The van der Waals surface area contributed by atoms with Crippen LogP contribution in [0.3, 0.4) is 0 Å². The van der Waals surface area contributed by atoms with E-state index in [1.165, 1.54) is 0 Å². The summed E-state index contributed by atoms with van der Waals surface area (Å²) in [5.74, 6) is 2.32. The molecule has 2 aromatic carbocycles. The van der Waals surface area contributed by atoms with Crippen molar-refractivity contribution in [2.75, 3.05) is 18.7 Å². The third-order valence-electron chi connectivity index (χ3n) is 6.09. The molecule has 0 saturated carbocycles.